The highest BCUT2D eigenvalue weighted by Gasteiger charge is 2.39. The van der Waals surface area contributed by atoms with Crippen LogP contribution in [0.15, 0.2) is 13.5 Å². The van der Waals surface area contributed by atoms with E-state index in [0.717, 1.165) is 0 Å². The van der Waals surface area contributed by atoms with Gasteiger partial charge in [-0.2, -0.15) is 4.20 Å². The molecule has 4 nitrogen and oxygen atoms in total. The molecular formula is C2H5F5N3OP3. The van der Waals surface area contributed by atoms with Crippen LogP contribution in [0.4, 0.5) is 21.0 Å². The van der Waals surface area contributed by atoms with Crippen molar-refractivity contribution in [1.82, 2.24) is 0 Å². The van der Waals surface area contributed by atoms with E-state index in [-0.39, 0.29) is 6.61 Å². The second kappa shape index (κ2) is 3.71. The van der Waals surface area contributed by atoms with Gasteiger partial charge in [0.05, 0.1) is 6.61 Å². The summed E-state index contributed by atoms with van der Waals surface area (Å²) < 4.78 is 73.6. The van der Waals surface area contributed by atoms with Crippen molar-refractivity contribution in [3.63, 3.8) is 0 Å². The zero-order chi connectivity index (χ0) is 11.0. The monoisotopic (exact) mass is 275 g/mol. The van der Waals surface area contributed by atoms with Gasteiger partial charge in [-0.1, -0.05) is 0 Å². The molecule has 0 fully saturated rings. The van der Waals surface area contributed by atoms with E-state index in [0.29, 0.717) is 0 Å². The van der Waals surface area contributed by atoms with E-state index in [2.05, 4.69) is 13.6 Å². The summed E-state index contributed by atoms with van der Waals surface area (Å²) in [5.41, 5.74) is 0. The molecule has 1 atom stereocenters. The quantitative estimate of drug-likeness (QED) is 0.469. The molecule has 0 N–H and O–H groups in total. The minimum Gasteiger partial charge on any atom is -0.303 e. The lowest BCUT2D eigenvalue weighted by Crippen LogP contribution is -1.83. The average molecular weight is 275 g/mol. The molecule has 14 heavy (non-hydrogen) atoms. The van der Waals surface area contributed by atoms with Crippen LogP contribution in [0.1, 0.15) is 6.92 Å². The van der Waals surface area contributed by atoms with Gasteiger partial charge in [-0.05, 0) is 6.92 Å². The Kier molecular flexibility index (Phi) is 3.27. The molecule has 0 radical (unpaired) electrons. The highest BCUT2D eigenvalue weighted by Crippen LogP contribution is 2.81. The molecule has 0 aromatic carbocycles. The second-order valence-corrected chi connectivity index (χ2v) is 7.24. The zero-order valence-corrected chi connectivity index (χ0v) is 9.37. The third kappa shape index (κ3) is 3.16. The van der Waals surface area contributed by atoms with Crippen molar-refractivity contribution < 1.29 is 25.5 Å². The van der Waals surface area contributed by atoms with Crippen LogP contribution < -0.4 is 0 Å². The first kappa shape index (κ1) is 12.4. The van der Waals surface area contributed by atoms with Crippen LogP contribution in [-0.2, 0) is 4.52 Å². The van der Waals surface area contributed by atoms with E-state index in [1.54, 1.807) is 0 Å². The lowest BCUT2D eigenvalue weighted by atomic mass is 10.9. The molecule has 1 aliphatic rings. The Labute approximate surface area is 76.9 Å². The highest BCUT2D eigenvalue weighted by atomic mass is 31.3. The number of nitrogens with zero attached hydrogens (tertiary/aromatic N) is 3. The Hall–Kier alpha value is 0.300. The van der Waals surface area contributed by atoms with Crippen molar-refractivity contribution >= 4 is 23.4 Å². The van der Waals surface area contributed by atoms with E-state index < -0.39 is 23.4 Å². The Morgan fingerprint density at radius 2 is 1.43 bits per heavy atom. The van der Waals surface area contributed by atoms with Crippen molar-refractivity contribution in [1.29, 1.82) is 0 Å². The minimum absolute atomic E-state index is 0.350. The largest absolute Gasteiger partial charge is 0.425 e. The van der Waals surface area contributed by atoms with E-state index in [1.165, 1.54) is 6.92 Å². The summed E-state index contributed by atoms with van der Waals surface area (Å²) in [5.74, 6) is 0. The van der Waals surface area contributed by atoms with Gasteiger partial charge < -0.3 is 4.52 Å². The summed E-state index contributed by atoms with van der Waals surface area (Å²) >= 11 is 0. The van der Waals surface area contributed by atoms with Gasteiger partial charge in [0.25, 0.3) is 0 Å². The van der Waals surface area contributed by atoms with Gasteiger partial charge >= 0.3 is 23.4 Å². The highest BCUT2D eigenvalue weighted by molar-refractivity contribution is 7.77. The molecule has 1 rings (SSSR count). The molecule has 12 heteroatoms. The number of halogens is 5. The number of hydrogen-bond donors (Lipinski definition) is 0. The lowest BCUT2D eigenvalue weighted by molar-refractivity contribution is 0.347. The molecule has 84 valence electrons. The average Bonchev–Trinajstić information content (AvgIpc) is 1.75. The first-order valence-electron chi connectivity index (χ1n) is 3.22. The van der Waals surface area contributed by atoms with Crippen molar-refractivity contribution in [2.24, 2.45) is 13.5 Å². The van der Waals surface area contributed by atoms with Gasteiger partial charge in [0.2, 0.25) is 0 Å². The molecule has 0 saturated heterocycles. The summed E-state index contributed by atoms with van der Waals surface area (Å²) in [6.07, 6.45) is 0. The van der Waals surface area contributed by atoms with Crippen LogP contribution >= 0.6 is 23.4 Å². The summed E-state index contributed by atoms with van der Waals surface area (Å²) in [5, 5.41) is 0. The number of rotatable bonds is 2. The van der Waals surface area contributed by atoms with Gasteiger partial charge in [0.1, 0.15) is 0 Å². The number of hydrogen-bond acceptors (Lipinski definition) is 4. The fraction of sp³-hybridized carbons (Fsp3) is 1.00. The molecule has 0 bridgehead atoms. The summed E-state index contributed by atoms with van der Waals surface area (Å²) in [6.45, 7) is 0.919. The fourth-order valence-corrected chi connectivity index (χ4v) is 5.96. The maximum atomic E-state index is 13.2. The minimum atomic E-state index is -5.60. The van der Waals surface area contributed by atoms with E-state index in [4.69, 9.17) is 0 Å². The molecule has 0 aliphatic carbocycles. The van der Waals surface area contributed by atoms with Crippen LogP contribution in [0.25, 0.3) is 0 Å². The maximum absolute atomic E-state index is 13.2. The van der Waals surface area contributed by atoms with Crippen LogP contribution in [-0.4, -0.2) is 6.61 Å². The first-order chi connectivity index (χ1) is 6.18. The van der Waals surface area contributed by atoms with Crippen molar-refractivity contribution in [3.8, 4) is 0 Å². The zero-order valence-electron chi connectivity index (χ0n) is 6.69. The molecule has 0 amide bonds. The van der Waals surface area contributed by atoms with Gasteiger partial charge in [-0.15, -0.1) is 30.3 Å². The second-order valence-electron chi connectivity index (χ2n) is 2.07. The summed E-state index contributed by atoms with van der Waals surface area (Å²) in [4.78, 5) is 0. The Balaban J connectivity index is 3.33. The predicted octanol–water partition coefficient (Wildman–Crippen LogP) is 5.72. The van der Waals surface area contributed by atoms with Crippen LogP contribution in [0.3, 0.4) is 0 Å². The molecule has 1 heterocycles. The van der Waals surface area contributed by atoms with Crippen LogP contribution in [0.2, 0.25) is 0 Å². The molecule has 0 aromatic rings. The summed E-state index contributed by atoms with van der Waals surface area (Å²) in [7, 11) is -16.1. The van der Waals surface area contributed by atoms with E-state index in [1.807, 2.05) is 4.52 Å². The van der Waals surface area contributed by atoms with Crippen molar-refractivity contribution in [2.45, 2.75) is 6.92 Å². The van der Waals surface area contributed by atoms with E-state index in [9.17, 15) is 21.0 Å². The molecule has 1 unspecified atom stereocenters. The summed E-state index contributed by atoms with van der Waals surface area (Å²) in [6, 6.07) is 0. The molecular weight excluding hydrogens is 270 g/mol. The topological polar surface area (TPSA) is 46.3 Å². The molecule has 0 spiro atoms. The maximum Gasteiger partial charge on any atom is 0.425 e. The third-order valence-corrected chi connectivity index (χ3v) is 6.74. The molecule has 0 aromatic heterocycles. The molecule has 1 aliphatic heterocycles. The normalized spacial score (nSPS) is 33.9. The van der Waals surface area contributed by atoms with Gasteiger partial charge in [0.15, 0.2) is 0 Å². The lowest BCUT2D eigenvalue weighted by Gasteiger charge is -2.15. The van der Waals surface area contributed by atoms with Crippen molar-refractivity contribution in [3.05, 3.63) is 0 Å². The predicted molar refractivity (Wildman–Crippen MR) is 45.2 cm³/mol. The Bertz CT molecular complexity index is 386. The van der Waals surface area contributed by atoms with Gasteiger partial charge in [-0.3, -0.25) is 0 Å². The SMILES string of the molecule is CCOP1(F)=NP(F)(F)=NP(F)(F)=N1. The van der Waals surface area contributed by atoms with E-state index >= 15 is 0 Å². The Morgan fingerprint density at radius 3 is 1.86 bits per heavy atom. The van der Waals surface area contributed by atoms with Crippen LogP contribution in [0.5, 0.6) is 0 Å². The van der Waals surface area contributed by atoms with Crippen molar-refractivity contribution in [2.75, 3.05) is 6.61 Å². The third-order valence-electron chi connectivity index (χ3n) is 0.944. The van der Waals surface area contributed by atoms with Gasteiger partial charge in [0, 0.05) is 0 Å². The Morgan fingerprint density at radius 1 is 0.929 bits per heavy atom. The molecule has 0 saturated carbocycles. The van der Waals surface area contributed by atoms with Gasteiger partial charge in [-0.25, -0.2) is 0 Å². The first-order valence-corrected chi connectivity index (χ1v) is 7.68. The standard InChI is InChI=1S/C2H5F5N3OP3/c1-2-11-14(7)9-12(3,4)8-13(5,6)10-14/h2H2,1H3. The van der Waals surface area contributed by atoms with Crippen LogP contribution in [0, 0.1) is 0 Å². The smallest absolute Gasteiger partial charge is 0.303 e. The fourth-order valence-electron chi connectivity index (χ4n) is 0.665.